The minimum atomic E-state index is -1.02. The summed E-state index contributed by atoms with van der Waals surface area (Å²) < 4.78 is 5.36. The van der Waals surface area contributed by atoms with Crippen LogP contribution >= 0.6 is 11.3 Å². The molecule has 0 spiro atoms. The maximum absolute atomic E-state index is 12.4. The highest BCUT2D eigenvalue weighted by atomic mass is 32.1. The Hall–Kier alpha value is -1.60. The van der Waals surface area contributed by atoms with E-state index < -0.39 is 5.97 Å². The number of hydrogen-bond acceptors (Lipinski definition) is 4. The average Bonchev–Trinajstić information content (AvgIpc) is 2.97. The molecule has 1 saturated carbocycles. The van der Waals surface area contributed by atoms with Gasteiger partial charge >= 0.3 is 12.0 Å². The molecule has 2 aliphatic rings. The van der Waals surface area contributed by atoms with Crippen molar-refractivity contribution in [1.82, 2.24) is 4.90 Å². The number of thiophene rings is 1. The third-order valence-corrected chi connectivity index (χ3v) is 4.67. The molecule has 3 rings (SSSR count). The van der Waals surface area contributed by atoms with E-state index in [2.05, 4.69) is 5.32 Å². The molecule has 114 valence electrons. The minimum absolute atomic E-state index is 0.147. The quantitative estimate of drug-likeness (QED) is 0.875. The Labute approximate surface area is 126 Å². The number of hydrogen-bond donors (Lipinski definition) is 2. The lowest BCUT2D eigenvalue weighted by molar-refractivity contribution is 0.0698. The van der Waals surface area contributed by atoms with Crippen LogP contribution in [0, 0.1) is 5.92 Å². The second-order valence-corrected chi connectivity index (χ2v) is 6.43. The summed E-state index contributed by atoms with van der Waals surface area (Å²) in [4.78, 5) is 25.4. The van der Waals surface area contributed by atoms with E-state index in [1.54, 1.807) is 5.38 Å². The largest absolute Gasteiger partial charge is 0.478 e. The standard InChI is InChI=1S/C14H18N2O4S/c17-13(18)11-4-6-21-12(11)15-14(19)16(10-1-2-10)7-9-3-5-20-8-9/h4,6,9-10H,1-3,5,7-8H2,(H,15,19)(H,17,18). The molecular weight excluding hydrogens is 292 g/mol. The molecule has 7 heteroatoms. The molecule has 1 saturated heterocycles. The van der Waals surface area contributed by atoms with E-state index in [0.29, 0.717) is 30.1 Å². The van der Waals surface area contributed by atoms with Crippen LogP contribution in [0.4, 0.5) is 9.80 Å². The Morgan fingerprint density at radius 2 is 2.24 bits per heavy atom. The Bertz CT molecular complexity index is 535. The fraction of sp³-hybridized carbons (Fsp3) is 0.571. The van der Waals surface area contributed by atoms with Gasteiger partial charge in [0.25, 0.3) is 0 Å². The van der Waals surface area contributed by atoms with Crippen molar-refractivity contribution in [1.29, 1.82) is 0 Å². The molecule has 2 heterocycles. The SMILES string of the molecule is O=C(O)c1ccsc1NC(=O)N(CC1CCOC1)C1CC1. The summed E-state index contributed by atoms with van der Waals surface area (Å²) in [5, 5.41) is 13.9. The van der Waals surface area contributed by atoms with Crippen LogP contribution in [-0.4, -0.2) is 47.8 Å². The first kappa shape index (κ1) is 14.3. The van der Waals surface area contributed by atoms with Crippen molar-refractivity contribution < 1.29 is 19.4 Å². The van der Waals surface area contributed by atoms with Gasteiger partial charge in [0.05, 0.1) is 12.2 Å². The van der Waals surface area contributed by atoms with Crippen LogP contribution in [0.1, 0.15) is 29.6 Å². The highest BCUT2D eigenvalue weighted by Crippen LogP contribution is 2.31. The van der Waals surface area contributed by atoms with Gasteiger partial charge in [0.2, 0.25) is 0 Å². The topological polar surface area (TPSA) is 78.9 Å². The first-order chi connectivity index (χ1) is 10.1. The molecule has 1 aliphatic heterocycles. The fourth-order valence-corrected chi connectivity index (χ4v) is 3.30. The number of aromatic carboxylic acids is 1. The zero-order chi connectivity index (χ0) is 14.8. The molecule has 1 aromatic heterocycles. The molecule has 21 heavy (non-hydrogen) atoms. The van der Waals surface area contributed by atoms with Gasteiger partial charge in [0.1, 0.15) is 5.00 Å². The summed E-state index contributed by atoms with van der Waals surface area (Å²) in [5.74, 6) is -0.632. The number of carboxylic acid groups (broad SMARTS) is 1. The fourth-order valence-electron chi connectivity index (χ4n) is 2.53. The molecule has 0 radical (unpaired) electrons. The molecule has 1 aromatic rings. The zero-order valence-corrected chi connectivity index (χ0v) is 12.4. The van der Waals surface area contributed by atoms with Gasteiger partial charge in [-0.05, 0) is 30.7 Å². The average molecular weight is 310 g/mol. The molecule has 2 N–H and O–H groups in total. The third-order valence-electron chi connectivity index (χ3n) is 3.84. The van der Waals surface area contributed by atoms with Crippen molar-refractivity contribution in [2.24, 2.45) is 5.92 Å². The van der Waals surface area contributed by atoms with Crippen molar-refractivity contribution in [2.75, 3.05) is 25.1 Å². The number of nitrogens with one attached hydrogen (secondary N) is 1. The van der Waals surface area contributed by atoms with Crippen molar-refractivity contribution in [3.05, 3.63) is 17.0 Å². The van der Waals surface area contributed by atoms with E-state index in [4.69, 9.17) is 9.84 Å². The van der Waals surface area contributed by atoms with E-state index in [0.717, 1.165) is 25.9 Å². The van der Waals surface area contributed by atoms with E-state index >= 15 is 0 Å². The molecule has 1 unspecified atom stereocenters. The van der Waals surface area contributed by atoms with Gasteiger partial charge in [-0.25, -0.2) is 9.59 Å². The van der Waals surface area contributed by atoms with Crippen molar-refractivity contribution >= 4 is 28.3 Å². The second-order valence-electron chi connectivity index (χ2n) is 5.51. The van der Waals surface area contributed by atoms with Gasteiger partial charge in [-0.1, -0.05) is 0 Å². The van der Waals surface area contributed by atoms with Crippen LogP contribution in [-0.2, 0) is 4.74 Å². The molecule has 2 amide bonds. The van der Waals surface area contributed by atoms with Gasteiger partial charge < -0.3 is 14.7 Å². The Morgan fingerprint density at radius 3 is 2.86 bits per heavy atom. The maximum atomic E-state index is 12.4. The van der Waals surface area contributed by atoms with Crippen LogP contribution in [0.2, 0.25) is 0 Å². The first-order valence-electron chi connectivity index (χ1n) is 7.11. The number of carboxylic acids is 1. The van der Waals surface area contributed by atoms with E-state index in [1.807, 2.05) is 4.90 Å². The van der Waals surface area contributed by atoms with Crippen LogP contribution < -0.4 is 5.32 Å². The number of rotatable bonds is 5. The molecule has 0 aromatic carbocycles. The smallest absolute Gasteiger partial charge is 0.338 e. The number of amides is 2. The molecule has 2 fully saturated rings. The molecule has 1 atom stereocenters. The number of ether oxygens (including phenoxy) is 1. The molecule has 6 nitrogen and oxygen atoms in total. The number of carbonyl (C=O) groups excluding carboxylic acids is 1. The number of anilines is 1. The summed E-state index contributed by atoms with van der Waals surface area (Å²) in [6.45, 7) is 2.15. The van der Waals surface area contributed by atoms with Crippen LogP contribution in [0.3, 0.4) is 0 Å². The number of nitrogens with zero attached hydrogens (tertiary/aromatic N) is 1. The highest BCUT2D eigenvalue weighted by molar-refractivity contribution is 7.14. The van der Waals surface area contributed by atoms with Crippen molar-refractivity contribution in [2.45, 2.75) is 25.3 Å². The number of urea groups is 1. The summed E-state index contributed by atoms with van der Waals surface area (Å²) in [6.07, 6.45) is 3.03. The van der Waals surface area contributed by atoms with Crippen LogP contribution in [0.5, 0.6) is 0 Å². The highest BCUT2D eigenvalue weighted by Gasteiger charge is 2.35. The van der Waals surface area contributed by atoms with Crippen molar-refractivity contribution in [3.63, 3.8) is 0 Å². The number of carbonyl (C=O) groups is 2. The monoisotopic (exact) mass is 310 g/mol. The van der Waals surface area contributed by atoms with Crippen LogP contribution in [0.25, 0.3) is 0 Å². The lowest BCUT2D eigenvalue weighted by Gasteiger charge is -2.25. The van der Waals surface area contributed by atoms with Gasteiger partial charge in [0, 0.05) is 25.1 Å². The van der Waals surface area contributed by atoms with Gasteiger partial charge in [-0.3, -0.25) is 5.32 Å². The molecule has 1 aliphatic carbocycles. The zero-order valence-electron chi connectivity index (χ0n) is 11.6. The maximum Gasteiger partial charge on any atom is 0.338 e. The predicted octanol–water partition coefficient (Wildman–Crippen LogP) is 2.48. The first-order valence-corrected chi connectivity index (χ1v) is 7.99. The summed E-state index contributed by atoms with van der Waals surface area (Å²) in [5.41, 5.74) is 0.147. The minimum Gasteiger partial charge on any atom is -0.478 e. The Morgan fingerprint density at radius 1 is 1.43 bits per heavy atom. The summed E-state index contributed by atoms with van der Waals surface area (Å²) >= 11 is 1.23. The molecule has 0 bridgehead atoms. The summed E-state index contributed by atoms with van der Waals surface area (Å²) in [6, 6.07) is 1.60. The Balaban J connectivity index is 1.66. The summed E-state index contributed by atoms with van der Waals surface area (Å²) in [7, 11) is 0. The van der Waals surface area contributed by atoms with E-state index in [9.17, 15) is 9.59 Å². The van der Waals surface area contributed by atoms with Crippen LogP contribution in [0.15, 0.2) is 11.4 Å². The second kappa shape index (κ2) is 6.03. The Kier molecular flexibility index (Phi) is 4.12. The third kappa shape index (κ3) is 3.36. The lowest BCUT2D eigenvalue weighted by atomic mass is 10.1. The van der Waals surface area contributed by atoms with Gasteiger partial charge in [0.15, 0.2) is 0 Å². The molecular formula is C14H18N2O4S. The van der Waals surface area contributed by atoms with E-state index in [-0.39, 0.29) is 11.6 Å². The van der Waals surface area contributed by atoms with Gasteiger partial charge in [-0.15, -0.1) is 11.3 Å². The van der Waals surface area contributed by atoms with Gasteiger partial charge in [-0.2, -0.15) is 0 Å². The van der Waals surface area contributed by atoms with E-state index in [1.165, 1.54) is 17.4 Å². The normalized spacial score (nSPS) is 21.2. The predicted molar refractivity (Wildman–Crippen MR) is 79.0 cm³/mol. The lowest BCUT2D eigenvalue weighted by Crippen LogP contribution is -2.40. The van der Waals surface area contributed by atoms with Crippen molar-refractivity contribution in [3.8, 4) is 0 Å².